The van der Waals surface area contributed by atoms with Gasteiger partial charge in [-0.15, -0.1) is 0 Å². The first-order valence-electron chi connectivity index (χ1n) is 6.93. The van der Waals surface area contributed by atoms with Crippen molar-refractivity contribution >= 4 is 17.5 Å². The molecule has 2 heterocycles. The Kier molecular flexibility index (Phi) is 4.27. The molecule has 1 aliphatic heterocycles. The van der Waals surface area contributed by atoms with Crippen LogP contribution in [-0.4, -0.2) is 46.3 Å². The second-order valence-electron chi connectivity index (χ2n) is 4.97. The Labute approximate surface area is 127 Å². The number of nitrogens with one attached hydrogen (secondary N) is 2. The molecule has 0 radical (unpaired) electrons. The molecule has 7 heteroatoms. The number of ether oxygens (including phenoxy) is 1. The van der Waals surface area contributed by atoms with Crippen molar-refractivity contribution in [1.29, 1.82) is 0 Å². The average Bonchev–Trinajstić information content (AvgIpc) is 2.94. The number of aliphatic hydroxyl groups is 1. The van der Waals surface area contributed by atoms with Crippen LogP contribution in [0.25, 0.3) is 0 Å². The van der Waals surface area contributed by atoms with Crippen LogP contribution in [0, 0.1) is 0 Å². The second kappa shape index (κ2) is 6.50. The number of aliphatic hydroxyl groups excluding tert-OH is 1. The van der Waals surface area contributed by atoms with Gasteiger partial charge in [-0.25, -0.2) is 9.97 Å². The summed E-state index contributed by atoms with van der Waals surface area (Å²) in [7, 11) is 0. The van der Waals surface area contributed by atoms with Crippen LogP contribution in [-0.2, 0) is 4.74 Å². The highest BCUT2D eigenvalue weighted by molar-refractivity contribution is 5.93. The molecule has 2 aromatic rings. The van der Waals surface area contributed by atoms with Crippen LogP contribution in [0.4, 0.5) is 11.6 Å². The molecular formula is C15H16N4O3. The summed E-state index contributed by atoms with van der Waals surface area (Å²) in [5.74, 6) is 0.0767. The zero-order valence-electron chi connectivity index (χ0n) is 11.8. The lowest BCUT2D eigenvalue weighted by Gasteiger charge is -2.14. The largest absolute Gasteiger partial charge is 0.388 e. The van der Waals surface area contributed by atoms with E-state index in [1.807, 2.05) is 30.3 Å². The molecule has 1 aliphatic rings. The Morgan fingerprint density at radius 1 is 1.18 bits per heavy atom. The minimum absolute atomic E-state index is 0.237. The Bertz CT molecular complexity index is 633. The quantitative estimate of drug-likeness (QED) is 0.769. The highest BCUT2D eigenvalue weighted by atomic mass is 16.5. The number of benzene rings is 1. The Balaban J connectivity index is 1.62. The van der Waals surface area contributed by atoms with Crippen LogP contribution in [0.1, 0.15) is 10.4 Å². The number of amides is 1. The van der Waals surface area contributed by atoms with E-state index in [9.17, 15) is 9.90 Å². The van der Waals surface area contributed by atoms with Crippen molar-refractivity contribution in [3.63, 3.8) is 0 Å². The minimum atomic E-state index is -0.677. The summed E-state index contributed by atoms with van der Waals surface area (Å²) in [5, 5.41) is 15.3. The first-order chi connectivity index (χ1) is 10.7. The van der Waals surface area contributed by atoms with Crippen LogP contribution in [0.15, 0.2) is 42.7 Å². The van der Waals surface area contributed by atoms with Gasteiger partial charge in [0.1, 0.15) is 0 Å². The van der Waals surface area contributed by atoms with Crippen molar-refractivity contribution in [1.82, 2.24) is 15.3 Å². The first-order valence-corrected chi connectivity index (χ1v) is 6.93. The number of hydrogen-bond acceptors (Lipinski definition) is 6. The molecule has 1 aromatic carbocycles. The van der Waals surface area contributed by atoms with E-state index < -0.39 is 12.1 Å². The molecule has 0 unspecified atom stereocenters. The van der Waals surface area contributed by atoms with Crippen molar-refractivity contribution in [2.45, 2.75) is 12.1 Å². The number of aromatic nitrogens is 2. The first kappa shape index (κ1) is 14.4. The third-order valence-electron chi connectivity index (χ3n) is 3.31. The molecule has 22 heavy (non-hydrogen) atoms. The molecule has 1 fully saturated rings. The predicted octanol–water partition coefficient (Wildman–Crippen LogP) is 0.710. The van der Waals surface area contributed by atoms with Crippen molar-refractivity contribution in [2.75, 3.05) is 18.5 Å². The lowest BCUT2D eigenvalue weighted by Crippen LogP contribution is -2.42. The monoisotopic (exact) mass is 300 g/mol. The number of hydrogen-bond donors (Lipinski definition) is 3. The maximum Gasteiger partial charge on any atom is 0.254 e. The Morgan fingerprint density at radius 2 is 1.91 bits per heavy atom. The van der Waals surface area contributed by atoms with E-state index in [1.165, 1.54) is 12.4 Å². The van der Waals surface area contributed by atoms with Gasteiger partial charge in [0.25, 0.3) is 5.91 Å². The van der Waals surface area contributed by atoms with Gasteiger partial charge in [-0.05, 0) is 12.1 Å². The van der Waals surface area contributed by atoms with Gasteiger partial charge in [-0.1, -0.05) is 18.2 Å². The predicted molar refractivity (Wildman–Crippen MR) is 79.8 cm³/mol. The van der Waals surface area contributed by atoms with E-state index in [2.05, 4.69) is 20.6 Å². The third kappa shape index (κ3) is 3.38. The van der Waals surface area contributed by atoms with E-state index in [4.69, 9.17) is 4.74 Å². The number of rotatable bonds is 4. The summed E-state index contributed by atoms with van der Waals surface area (Å²) >= 11 is 0. The van der Waals surface area contributed by atoms with Gasteiger partial charge in [-0.3, -0.25) is 4.79 Å². The van der Waals surface area contributed by atoms with Crippen LogP contribution in [0.2, 0.25) is 0 Å². The molecule has 3 N–H and O–H groups in total. The molecular weight excluding hydrogens is 284 g/mol. The van der Waals surface area contributed by atoms with Gasteiger partial charge >= 0.3 is 0 Å². The smallest absolute Gasteiger partial charge is 0.254 e. The van der Waals surface area contributed by atoms with E-state index in [-0.39, 0.29) is 12.5 Å². The topological polar surface area (TPSA) is 96.4 Å². The van der Waals surface area contributed by atoms with Crippen molar-refractivity contribution in [3.8, 4) is 0 Å². The summed E-state index contributed by atoms with van der Waals surface area (Å²) in [5.41, 5.74) is 1.20. The van der Waals surface area contributed by atoms with Gasteiger partial charge in [0.2, 0.25) is 5.95 Å². The normalized spacial score (nSPS) is 20.6. The van der Waals surface area contributed by atoms with Crippen molar-refractivity contribution in [2.24, 2.45) is 0 Å². The summed E-state index contributed by atoms with van der Waals surface area (Å²) in [6.45, 7) is 0.544. The van der Waals surface area contributed by atoms with Crippen LogP contribution >= 0.6 is 0 Å². The number of anilines is 2. The fourth-order valence-electron chi connectivity index (χ4n) is 2.09. The van der Waals surface area contributed by atoms with E-state index in [1.54, 1.807) is 0 Å². The van der Waals surface area contributed by atoms with Crippen molar-refractivity contribution < 1.29 is 14.6 Å². The molecule has 0 spiro atoms. The standard InChI is InChI=1S/C15H16N4O3/c20-13-9-22-8-12(13)19-14(21)10-6-16-15(17-7-10)18-11-4-2-1-3-5-11/h1-7,12-13,20H,8-9H2,(H,19,21)(H,16,17,18)/t12-,13-/m0/s1. The number of carbonyl (C=O) groups is 1. The van der Waals surface area contributed by atoms with E-state index >= 15 is 0 Å². The number of para-hydroxylation sites is 1. The fraction of sp³-hybridized carbons (Fsp3) is 0.267. The van der Waals surface area contributed by atoms with E-state index in [0.717, 1.165) is 5.69 Å². The van der Waals surface area contributed by atoms with Gasteiger partial charge in [-0.2, -0.15) is 0 Å². The van der Waals surface area contributed by atoms with Gasteiger partial charge in [0.15, 0.2) is 0 Å². The molecule has 3 rings (SSSR count). The van der Waals surface area contributed by atoms with E-state index in [0.29, 0.717) is 18.1 Å². The van der Waals surface area contributed by atoms with Crippen molar-refractivity contribution in [3.05, 3.63) is 48.3 Å². The molecule has 2 atom stereocenters. The third-order valence-corrected chi connectivity index (χ3v) is 3.31. The lowest BCUT2D eigenvalue weighted by atomic mass is 10.2. The maximum absolute atomic E-state index is 12.0. The van der Waals surface area contributed by atoms with Crippen LogP contribution < -0.4 is 10.6 Å². The summed E-state index contributed by atoms with van der Waals surface area (Å²) in [6.07, 6.45) is 2.20. The van der Waals surface area contributed by atoms with Crippen LogP contribution in [0.5, 0.6) is 0 Å². The summed E-state index contributed by atoms with van der Waals surface area (Å²) in [4.78, 5) is 20.3. The summed E-state index contributed by atoms with van der Waals surface area (Å²) < 4.78 is 5.09. The Hall–Kier alpha value is -2.51. The van der Waals surface area contributed by atoms with Crippen LogP contribution in [0.3, 0.4) is 0 Å². The fourth-order valence-corrected chi connectivity index (χ4v) is 2.09. The average molecular weight is 300 g/mol. The van der Waals surface area contributed by atoms with Gasteiger partial charge in [0.05, 0.1) is 30.9 Å². The molecule has 1 saturated heterocycles. The maximum atomic E-state index is 12.0. The summed E-state index contributed by atoms with van der Waals surface area (Å²) in [6, 6.07) is 9.12. The second-order valence-corrected chi connectivity index (χ2v) is 4.97. The molecule has 1 amide bonds. The minimum Gasteiger partial charge on any atom is -0.388 e. The molecule has 114 valence electrons. The molecule has 1 aromatic heterocycles. The molecule has 0 saturated carbocycles. The molecule has 0 aliphatic carbocycles. The SMILES string of the molecule is O=C(N[C@H]1COC[C@@H]1O)c1cnc(Nc2ccccc2)nc1. The Morgan fingerprint density at radius 3 is 2.55 bits per heavy atom. The number of carbonyl (C=O) groups excluding carboxylic acids is 1. The van der Waals surface area contributed by atoms with Gasteiger partial charge < -0.3 is 20.5 Å². The zero-order chi connectivity index (χ0) is 15.4. The highest BCUT2D eigenvalue weighted by Crippen LogP contribution is 2.12. The highest BCUT2D eigenvalue weighted by Gasteiger charge is 2.27. The van der Waals surface area contributed by atoms with Gasteiger partial charge in [0, 0.05) is 18.1 Å². The molecule has 7 nitrogen and oxygen atoms in total. The number of nitrogens with zero attached hydrogens (tertiary/aromatic N) is 2. The zero-order valence-corrected chi connectivity index (χ0v) is 11.8. The lowest BCUT2D eigenvalue weighted by molar-refractivity contribution is 0.0885. The molecule has 0 bridgehead atoms.